The van der Waals surface area contributed by atoms with Crippen LogP contribution in [0.1, 0.15) is 17.5 Å². The van der Waals surface area contributed by atoms with Gasteiger partial charge in [0.2, 0.25) is 11.8 Å². The lowest BCUT2D eigenvalue weighted by Crippen LogP contribution is -2.24. The predicted octanol–water partition coefficient (Wildman–Crippen LogP) is 2.89. The monoisotopic (exact) mass is 365 g/mol. The van der Waals surface area contributed by atoms with Crippen LogP contribution in [0.5, 0.6) is 5.75 Å². The molecule has 0 heterocycles. The number of hydrogen-bond acceptors (Lipinski definition) is 4. The highest BCUT2D eigenvalue weighted by molar-refractivity contribution is 6.03. The first-order valence-corrected chi connectivity index (χ1v) is 7.33. The Hall–Kier alpha value is -3.36. The van der Waals surface area contributed by atoms with E-state index in [1.165, 1.54) is 18.3 Å². The Labute approximate surface area is 146 Å². The van der Waals surface area contributed by atoms with Crippen LogP contribution in [-0.4, -0.2) is 23.1 Å². The van der Waals surface area contributed by atoms with Gasteiger partial charge in [0.1, 0.15) is 12.2 Å². The molecule has 0 fully saturated rings. The van der Waals surface area contributed by atoms with Crippen LogP contribution < -0.4 is 10.7 Å². The molecule has 2 aromatic rings. The Bertz CT molecular complexity index is 835. The molecule has 0 aliphatic rings. The van der Waals surface area contributed by atoms with Gasteiger partial charge in [0, 0.05) is 11.3 Å². The van der Waals surface area contributed by atoms with Gasteiger partial charge < -0.3 is 10.4 Å². The maximum Gasteiger partial charge on any atom is 0.416 e. The van der Waals surface area contributed by atoms with Crippen molar-refractivity contribution in [2.75, 3.05) is 5.32 Å². The molecule has 0 aromatic heterocycles. The molecule has 3 N–H and O–H groups in total. The molecule has 2 rings (SSSR count). The Morgan fingerprint density at radius 2 is 1.81 bits per heavy atom. The van der Waals surface area contributed by atoms with Crippen LogP contribution in [-0.2, 0) is 15.8 Å². The highest BCUT2D eigenvalue weighted by atomic mass is 19.4. The van der Waals surface area contributed by atoms with Gasteiger partial charge in [-0.05, 0) is 30.3 Å². The van der Waals surface area contributed by atoms with E-state index in [2.05, 4.69) is 15.8 Å². The summed E-state index contributed by atoms with van der Waals surface area (Å²) >= 11 is 0. The number of rotatable bonds is 5. The molecule has 136 valence electrons. The van der Waals surface area contributed by atoms with Crippen LogP contribution in [0, 0.1) is 0 Å². The summed E-state index contributed by atoms with van der Waals surface area (Å²) in [6.45, 7) is 0. The molecule has 0 bridgehead atoms. The summed E-state index contributed by atoms with van der Waals surface area (Å²) in [6, 6.07) is 10.3. The van der Waals surface area contributed by atoms with Gasteiger partial charge in [-0.15, -0.1) is 0 Å². The molecular formula is C17H14F3N3O3. The lowest BCUT2D eigenvalue weighted by Gasteiger charge is -2.09. The van der Waals surface area contributed by atoms with Crippen molar-refractivity contribution in [1.29, 1.82) is 0 Å². The Kier molecular flexibility index (Phi) is 5.94. The summed E-state index contributed by atoms with van der Waals surface area (Å²) < 4.78 is 37.8. The van der Waals surface area contributed by atoms with Crippen molar-refractivity contribution < 1.29 is 27.9 Å². The molecule has 0 aliphatic carbocycles. The van der Waals surface area contributed by atoms with Crippen molar-refractivity contribution in [3.63, 3.8) is 0 Å². The highest BCUT2D eigenvalue weighted by Gasteiger charge is 2.30. The summed E-state index contributed by atoms with van der Waals surface area (Å²) in [5.41, 5.74) is 1.47. The van der Waals surface area contributed by atoms with E-state index in [1.54, 1.807) is 18.2 Å². The molecule has 0 radical (unpaired) electrons. The second-order valence-electron chi connectivity index (χ2n) is 5.16. The third-order valence-corrected chi connectivity index (χ3v) is 3.12. The van der Waals surface area contributed by atoms with E-state index in [4.69, 9.17) is 0 Å². The van der Waals surface area contributed by atoms with E-state index in [0.717, 1.165) is 18.2 Å². The summed E-state index contributed by atoms with van der Waals surface area (Å²) in [5, 5.41) is 15.3. The Morgan fingerprint density at radius 3 is 2.50 bits per heavy atom. The maximum absolute atomic E-state index is 12.6. The number of aromatic hydroxyl groups is 1. The molecule has 0 saturated heterocycles. The Balaban J connectivity index is 1.88. The minimum absolute atomic E-state index is 0.0345. The van der Waals surface area contributed by atoms with Crippen LogP contribution in [0.25, 0.3) is 0 Å². The van der Waals surface area contributed by atoms with Gasteiger partial charge in [0.15, 0.2) is 0 Å². The summed E-state index contributed by atoms with van der Waals surface area (Å²) in [6.07, 6.45) is -3.97. The van der Waals surface area contributed by atoms with E-state index in [0.29, 0.717) is 5.56 Å². The molecule has 0 atom stereocenters. The van der Waals surface area contributed by atoms with Crippen LogP contribution in [0.2, 0.25) is 0 Å². The molecule has 2 aromatic carbocycles. The fourth-order valence-electron chi connectivity index (χ4n) is 1.93. The first-order valence-electron chi connectivity index (χ1n) is 7.33. The number of nitrogens with one attached hydrogen (secondary N) is 2. The Morgan fingerprint density at radius 1 is 1.08 bits per heavy atom. The molecule has 0 saturated carbocycles. The third-order valence-electron chi connectivity index (χ3n) is 3.12. The number of anilines is 1. The number of nitrogens with zero attached hydrogens (tertiary/aromatic N) is 1. The maximum atomic E-state index is 12.6. The molecular weight excluding hydrogens is 351 g/mol. The molecule has 26 heavy (non-hydrogen) atoms. The second kappa shape index (κ2) is 8.15. The zero-order chi connectivity index (χ0) is 19.2. The van der Waals surface area contributed by atoms with Crippen molar-refractivity contribution in [2.24, 2.45) is 5.10 Å². The minimum atomic E-state index is -4.53. The van der Waals surface area contributed by atoms with Gasteiger partial charge in [-0.3, -0.25) is 9.59 Å². The van der Waals surface area contributed by atoms with Crippen LogP contribution >= 0.6 is 0 Å². The smallest absolute Gasteiger partial charge is 0.416 e. The van der Waals surface area contributed by atoms with E-state index in [9.17, 15) is 27.9 Å². The van der Waals surface area contributed by atoms with Crippen molar-refractivity contribution in [1.82, 2.24) is 5.43 Å². The predicted molar refractivity (Wildman–Crippen MR) is 88.5 cm³/mol. The number of halogens is 3. The average molecular weight is 365 g/mol. The quantitative estimate of drug-likeness (QED) is 0.432. The molecule has 0 aliphatic heterocycles. The lowest BCUT2D eigenvalue weighted by atomic mass is 10.2. The first-order chi connectivity index (χ1) is 12.3. The third kappa shape index (κ3) is 5.62. The number of amides is 2. The van der Waals surface area contributed by atoms with Gasteiger partial charge in [-0.25, -0.2) is 5.43 Å². The first kappa shape index (κ1) is 19.0. The van der Waals surface area contributed by atoms with E-state index < -0.39 is 30.0 Å². The van der Waals surface area contributed by atoms with Crippen LogP contribution in [0.15, 0.2) is 53.6 Å². The SMILES string of the molecule is O=C(CC(=O)Nc1cccc(C(F)(F)F)c1)N/N=C\c1ccccc1O. The van der Waals surface area contributed by atoms with Crippen molar-refractivity contribution in [2.45, 2.75) is 12.6 Å². The number of hydrogen-bond donors (Lipinski definition) is 3. The minimum Gasteiger partial charge on any atom is -0.507 e. The summed E-state index contributed by atoms with van der Waals surface area (Å²) in [5.74, 6) is -1.59. The number of alkyl halides is 3. The number of benzene rings is 2. The van der Waals surface area contributed by atoms with E-state index >= 15 is 0 Å². The van der Waals surface area contributed by atoms with Gasteiger partial charge in [0.05, 0.1) is 11.8 Å². The number of phenolic OH excluding ortho intramolecular Hbond substituents is 1. The van der Waals surface area contributed by atoms with E-state index in [-0.39, 0.29) is 11.4 Å². The van der Waals surface area contributed by atoms with Gasteiger partial charge in [-0.1, -0.05) is 18.2 Å². The standard InChI is InChI=1S/C17H14F3N3O3/c18-17(19,20)12-5-3-6-13(8-12)22-15(25)9-16(26)23-21-10-11-4-1-2-7-14(11)24/h1-8,10,24H,9H2,(H,22,25)(H,23,26)/b21-10-. The number of para-hydroxylation sites is 1. The molecule has 2 amide bonds. The average Bonchev–Trinajstić information content (AvgIpc) is 2.56. The van der Waals surface area contributed by atoms with Crippen molar-refractivity contribution in [3.8, 4) is 5.75 Å². The fourth-order valence-corrected chi connectivity index (χ4v) is 1.93. The molecule has 6 nitrogen and oxygen atoms in total. The molecule has 0 spiro atoms. The van der Waals surface area contributed by atoms with Crippen LogP contribution in [0.4, 0.5) is 18.9 Å². The molecule has 0 unspecified atom stereocenters. The van der Waals surface area contributed by atoms with Crippen molar-refractivity contribution in [3.05, 3.63) is 59.7 Å². The van der Waals surface area contributed by atoms with Crippen LogP contribution in [0.3, 0.4) is 0 Å². The summed E-state index contributed by atoms with van der Waals surface area (Å²) in [4.78, 5) is 23.3. The molecule has 9 heteroatoms. The van der Waals surface area contributed by atoms with Gasteiger partial charge in [-0.2, -0.15) is 18.3 Å². The normalized spacial score (nSPS) is 11.3. The highest BCUT2D eigenvalue weighted by Crippen LogP contribution is 2.30. The fraction of sp³-hybridized carbons (Fsp3) is 0.118. The van der Waals surface area contributed by atoms with Gasteiger partial charge in [0.25, 0.3) is 0 Å². The zero-order valence-electron chi connectivity index (χ0n) is 13.2. The van der Waals surface area contributed by atoms with Gasteiger partial charge >= 0.3 is 6.18 Å². The lowest BCUT2D eigenvalue weighted by molar-refractivity contribution is -0.137. The summed E-state index contributed by atoms with van der Waals surface area (Å²) in [7, 11) is 0. The number of carbonyl (C=O) groups excluding carboxylic acids is 2. The number of carbonyl (C=O) groups is 2. The van der Waals surface area contributed by atoms with Crippen molar-refractivity contribution >= 4 is 23.7 Å². The topological polar surface area (TPSA) is 90.8 Å². The number of phenols is 1. The zero-order valence-corrected chi connectivity index (χ0v) is 13.2. The van der Waals surface area contributed by atoms with E-state index in [1.807, 2.05) is 0 Å². The largest absolute Gasteiger partial charge is 0.507 e. The second-order valence-corrected chi connectivity index (χ2v) is 5.16. The number of hydrazone groups is 1.